The van der Waals surface area contributed by atoms with Gasteiger partial charge in [0, 0.05) is 47.6 Å². The molecule has 4 unspecified atom stereocenters. The summed E-state index contributed by atoms with van der Waals surface area (Å²) in [6.45, 7) is -0.229. The van der Waals surface area contributed by atoms with Gasteiger partial charge in [-0.05, 0) is 79.2 Å². The van der Waals surface area contributed by atoms with E-state index in [-0.39, 0.29) is 53.3 Å². The van der Waals surface area contributed by atoms with E-state index in [2.05, 4.69) is 36.8 Å². The van der Waals surface area contributed by atoms with Gasteiger partial charge in [0.2, 0.25) is 11.8 Å². The number of nitrogens with zero attached hydrogens (tertiary/aromatic N) is 6. The van der Waals surface area contributed by atoms with Crippen molar-refractivity contribution in [1.29, 1.82) is 0 Å². The minimum Gasteiger partial charge on any atom is -0.503 e. The van der Waals surface area contributed by atoms with Crippen molar-refractivity contribution in [1.82, 2.24) is 23.5 Å². The topological polar surface area (TPSA) is 169 Å². The van der Waals surface area contributed by atoms with E-state index in [1.165, 1.54) is 40.2 Å². The maximum atomic E-state index is 15.6. The quantitative estimate of drug-likeness (QED) is 0.134. The Bertz CT molecular complexity index is 3110. The molecule has 4 atom stereocenters. The summed E-state index contributed by atoms with van der Waals surface area (Å²) < 4.78 is 22.3. The molecule has 1 saturated heterocycles. The Morgan fingerprint density at radius 2 is 1.58 bits per heavy atom. The number of benzene rings is 4. The van der Waals surface area contributed by atoms with Crippen LogP contribution in [0.15, 0.2) is 108 Å². The van der Waals surface area contributed by atoms with Crippen molar-refractivity contribution in [3.63, 3.8) is 0 Å². The van der Waals surface area contributed by atoms with Crippen LogP contribution in [0.2, 0.25) is 5.02 Å². The Kier molecular flexibility index (Phi) is 10.3. The highest BCUT2D eigenvalue weighted by Crippen LogP contribution is 2.64. The van der Waals surface area contributed by atoms with Gasteiger partial charge in [-0.15, -0.1) is 0 Å². The molecule has 62 heavy (non-hydrogen) atoms. The fourth-order valence-electron chi connectivity index (χ4n) is 9.66. The van der Waals surface area contributed by atoms with E-state index in [9.17, 15) is 19.5 Å². The summed E-state index contributed by atoms with van der Waals surface area (Å²) in [5, 5.41) is 11.4. The molecular formula is C44H37Br2ClN6O9. The smallest absolute Gasteiger partial charge is 0.347 e. The maximum Gasteiger partial charge on any atom is 0.347 e. The Morgan fingerprint density at radius 3 is 2.27 bits per heavy atom. The van der Waals surface area contributed by atoms with Gasteiger partial charge >= 0.3 is 11.4 Å². The van der Waals surface area contributed by atoms with Crippen LogP contribution in [-0.4, -0.2) is 61.7 Å². The number of carbonyl (C=O) groups excluding carboxylic acids is 2. The number of amides is 2. The number of fused-ring (bicyclic) bond motifs is 5. The van der Waals surface area contributed by atoms with Crippen LogP contribution in [0.4, 0.5) is 5.69 Å². The van der Waals surface area contributed by atoms with Crippen LogP contribution >= 0.6 is 43.5 Å². The molecule has 1 saturated carbocycles. The summed E-state index contributed by atoms with van der Waals surface area (Å²) in [6, 6.07) is 19.6. The minimum atomic E-state index is -1.60. The number of phenolic OH excluding ortho intramolecular Hbond substituents is 1. The molecule has 0 spiro atoms. The van der Waals surface area contributed by atoms with Crippen molar-refractivity contribution < 1.29 is 28.9 Å². The molecule has 6 aromatic rings. The van der Waals surface area contributed by atoms with E-state index < -0.39 is 52.0 Å². The maximum absolute atomic E-state index is 15.6. The predicted octanol–water partition coefficient (Wildman–Crippen LogP) is 6.01. The van der Waals surface area contributed by atoms with Gasteiger partial charge in [-0.3, -0.25) is 14.4 Å². The van der Waals surface area contributed by atoms with Crippen LogP contribution in [-0.2, 0) is 41.6 Å². The number of anilines is 1. The lowest BCUT2D eigenvalue weighted by Crippen LogP contribution is -2.53. The third-order valence-corrected chi connectivity index (χ3v) is 14.8. The Hall–Kier alpha value is -5.91. The second-order valence-corrected chi connectivity index (χ2v) is 17.3. The lowest BCUT2D eigenvalue weighted by atomic mass is 9.53. The molecule has 2 amide bonds. The number of hydrogen-bond donors (Lipinski definition) is 1. The van der Waals surface area contributed by atoms with Crippen LogP contribution < -0.4 is 36.0 Å². The number of aryl methyl sites for hydroxylation is 2. The van der Waals surface area contributed by atoms with Gasteiger partial charge in [-0.1, -0.05) is 54.1 Å². The molecule has 0 bridgehead atoms. The number of carbonyl (C=O) groups is 2. The first-order valence-corrected chi connectivity index (χ1v) is 21.4. The Labute approximate surface area is 374 Å². The number of hydrogen-bond acceptors (Lipinski definition) is 10. The zero-order chi connectivity index (χ0) is 43.9. The first-order chi connectivity index (χ1) is 29.8. The number of ether oxygens (including phenoxy) is 3. The third kappa shape index (κ3) is 5.95. The Morgan fingerprint density at radius 1 is 0.871 bits per heavy atom. The number of imide groups is 1. The summed E-state index contributed by atoms with van der Waals surface area (Å²) >= 11 is 13.7. The molecule has 9 rings (SSSR count). The second-order valence-electron chi connectivity index (χ2n) is 15.3. The average Bonchev–Trinajstić information content (AvgIpc) is 3.66. The van der Waals surface area contributed by atoms with E-state index in [1.54, 1.807) is 61.6 Å². The Balaban J connectivity index is 1.22. The lowest BCUT2D eigenvalue weighted by Gasteiger charge is -2.49. The van der Waals surface area contributed by atoms with Gasteiger partial charge in [0.05, 0.1) is 66.4 Å². The number of rotatable bonds is 9. The first kappa shape index (κ1) is 41.4. The molecule has 2 aromatic heterocycles. The molecule has 2 aliphatic heterocycles. The summed E-state index contributed by atoms with van der Waals surface area (Å²) in [4.78, 5) is 79.1. The first-order valence-electron chi connectivity index (χ1n) is 19.5. The zero-order valence-electron chi connectivity index (χ0n) is 33.6. The van der Waals surface area contributed by atoms with E-state index in [4.69, 9.17) is 25.8 Å². The highest BCUT2D eigenvalue weighted by atomic mass is 79.9. The van der Waals surface area contributed by atoms with Crippen LogP contribution in [0.5, 0.6) is 23.0 Å². The van der Waals surface area contributed by atoms with Gasteiger partial charge in [-0.25, -0.2) is 33.4 Å². The fourth-order valence-corrected chi connectivity index (χ4v) is 10.8. The largest absolute Gasteiger partial charge is 0.503 e. The van der Waals surface area contributed by atoms with Crippen molar-refractivity contribution in [3.05, 3.63) is 147 Å². The summed E-state index contributed by atoms with van der Waals surface area (Å²) in [7, 11) is 5.99. The molecule has 2 fully saturated rings. The number of aromatic hydroxyl groups is 1. The number of halogens is 3. The zero-order valence-corrected chi connectivity index (χ0v) is 37.5. The number of methoxy groups -OCH3 is 3. The molecule has 18 heteroatoms. The van der Waals surface area contributed by atoms with Crippen molar-refractivity contribution in [2.24, 2.45) is 13.0 Å². The van der Waals surface area contributed by atoms with Gasteiger partial charge in [0.25, 0.3) is 5.56 Å². The monoisotopic (exact) mass is 986 g/mol. The van der Waals surface area contributed by atoms with Crippen molar-refractivity contribution in [2.45, 2.75) is 43.3 Å². The molecule has 1 N–H and O–H groups in total. The van der Waals surface area contributed by atoms with Crippen molar-refractivity contribution in [3.8, 4) is 23.0 Å². The standard InChI is InChI=1S/C44H37Br2ClN6O9/c1-49-31-21-33(61-3)32(60-2)20-29(31)48-28(40(49)56)14-15-50-42(58)51-16-13-25-30(53(51)43(50)59)19-27-39(55)52(24-12-8-11-23(47)17-24)41(57)44(27,22-9-6-5-7-10-22)35(25)26-18-34(62-4)38(54)37(46)36(26)45/h5-13,17-18,20-21,27,30,35,54H,14-16,19H2,1-4H3. The van der Waals surface area contributed by atoms with E-state index in [0.29, 0.717) is 48.7 Å². The highest BCUT2D eigenvalue weighted by molar-refractivity contribution is 9.13. The molecule has 318 valence electrons. The minimum absolute atomic E-state index is 0.0334. The summed E-state index contributed by atoms with van der Waals surface area (Å²) in [5.74, 6) is -2.31. The molecule has 4 aromatic carbocycles. The fraction of sp³-hybridized carbons (Fsp3) is 0.273. The number of aromatic nitrogens is 5. The van der Waals surface area contributed by atoms with Gasteiger partial charge in [-0.2, -0.15) is 0 Å². The van der Waals surface area contributed by atoms with E-state index in [1.807, 2.05) is 24.3 Å². The summed E-state index contributed by atoms with van der Waals surface area (Å²) in [6.07, 6.45) is 1.75. The molecule has 3 aliphatic rings. The van der Waals surface area contributed by atoms with Crippen LogP contribution in [0, 0.1) is 5.92 Å². The van der Waals surface area contributed by atoms with Crippen LogP contribution in [0.1, 0.15) is 35.2 Å². The number of allylic oxidation sites excluding steroid dienone is 2. The normalized spacial score (nSPS) is 20.5. The van der Waals surface area contributed by atoms with E-state index in [0.717, 1.165) is 4.57 Å². The average molecular weight is 989 g/mol. The van der Waals surface area contributed by atoms with Gasteiger partial charge < -0.3 is 23.9 Å². The van der Waals surface area contributed by atoms with Crippen molar-refractivity contribution >= 4 is 72.0 Å². The third-order valence-electron chi connectivity index (χ3n) is 12.4. The lowest BCUT2D eigenvalue weighted by molar-refractivity contribution is -0.124. The van der Waals surface area contributed by atoms with Crippen LogP contribution in [0.3, 0.4) is 0 Å². The molecule has 0 radical (unpaired) electrons. The number of phenols is 1. The molecule has 15 nitrogen and oxygen atoms in total. The second kappa shape index (κ2) is 15.5. The highest BCUT2D eigenvalue weighted by Gasteiger charge is 2.69. The molecule has 1 aliphatic carbocycles. The summed E-state index contributed by atoms with van der Waals surface area (Å²) in [5.41, 5.74) is -0.270. The molecular weight excluding hydrogens is 952 g/mol. The SMILES string of the molecule is COc1cc2nc(CCn3c(=O)n4n(c3=O)C3CC5C(=O)N(c6cccc(Cl)c6)C(=O)C5(c5ccccc5)C(c5cc(OC)c(O)c(Br)c5Br)C3=CC4)c(=O)n(C)c2cc1OC. The van der Waals surface area contributed by atoms with Gasteiger partial charge in [0.1, 0.15) is 5.69 Å². The predicted molar refractivity (Wildman–Crippen MR) is 237 cm³/mol. The molecule has 4 heterocycles. The van der Waals surface area contributed by atoms with Gasteiger partial charge in [0.15, 0.2) is 23.0 Å². The van der Waals surface area contributed by atoms with Crippen molar-refractivity contribution in [2.75, 3.05) is 26.2 Å². The van der Waals surface area contributed by atoms with E-state index >= 15 is 9.59 Å². The van der Waals surface area contributed by atoms with Crippen LogP contribution in [0.25, 0.3) is 11.0 Å².